The first-order chi connectivity index (χ1) is 10.0. The smallest absolute Gasteiger partial charge is 0.241 e. The molecule has 2 aromatic rings. The van der Waals surface area contributed by atoms with Crippen molar-refractivity contribution in [2.24, 2.45) is 0 Å². The van der Waals surface area contributed by atoms with Gasteiger partial charge in [0.1, 0.15) is 18.2 Å². The molecule has 1 aromatic carbocycles. The van der Waals surface area contributed by atoms with Crippen LogP contribution in [0.5, 0.6) is 0 Å². The summed E-state index contributed by atoms with van der Waals surface area (Å²) in [6, 6.07) is 6.63. The lowest BCUT2D eigenvalue weighted by molar-refractivity contribution is 0.350. The number of benzene rings is 1. The molecule has 2 rings (SSSR count). The second-order valence-electron chi connectivity index (χ2n) is 4.01. The summed E-state index contributed by atoms with van der Waals surface area (Å²) in [5.41, 5.74) is 0.0223. The third kappa shape index (κ3) is 3.92. The van der Waals surface area contributed by atoms with Gasteiger partial charge in [-0.25, -0.2) is 17.5 Å². The van der Waals surface area contributed by atoms with E-state index in [2.05, 4.69) is 16.6 Å². The molecule has 2 N–H and O–H groups in total. The zero-order valence-electron chi connectivity index (χ0n) is 10.8. The van der Waals surface area contributed by atoms with E-state index < -0.39 is 22.4 Å². The van der Waals surface area contributed by atoms with Gasteiger partial charge in [-0.15, -0.1) is 0 Å². The monoisotopic (exact) mass is 309 g/mol. The number of hydrogen-bond donors (Lipinski definition) is 2. The van der Waals surface area contributed by atoms with Crippen molar-refractivity contribution in [3.63, 3.8) is 0 Å². The average molecular weight is 309 g/mol. The highest BCUT2D eigenvalue weighted by molar-refractivity contribution is 7.89. The van der Waals surface area contributed by atoms with E-state index in [1.807, 2.05) is 0 Å². The summed E-state index contributed by atoms with van der Waals surface area (Å²) in [5, 5.41) is 8.55. The Morgan fingerprint density at radius 1 is 1.33 bits per heavy atom. The van der Waals surface area contributed by atoms with Crippen LogP contribution in [-0.4, -0.2) is 20.1 Å². The highest BCUT2D eigenvalue weighted by Crippen LogP contribution is 2.15. The van der Waals surface area contributed by atoms with Gasteiger partial charge < -0.3 is 9.52 Å². The highest BCUT2D eigenvalue weighted by atomic mass is 32.2. The van der Waals surface area contributed by atoms with Gasteiger partial charge in [0, 0.05) is 0 Å². The number of hydrogen-bond acceptors (Lipinski definition) is 4. The van der Waals surface area contributed by atoms with Crippen molar-refractivity contribution >= 4 is 10.0 Å². The summed E-state index contributed by atoms with van der Waals surface area (Å²) in [6.07, 6.45) is 1.43. The third-order valence-electron chi connectivity index (χ3n) is 2.57. The fourth-order valence-corrected chi connectivity index (χ4v) is 2.57. The van der Waals surface area contributed by atoms with Crippen LogP contribution in [0.3, 0.4) is 0 Å². The van der Waals surface area contributed by atoms with Gasteiger partial charge in [-0.05, 0) is 30.3 Å². The molecule has 5 nitrogen and oxygen atoms in total. The minimum absolute atomic E-state index is 0.0223. The van der Waals surface area contributed by atoms with E-state index >= 15 is 0 Å². The molecule has 21 heavy (non-hydrogen) atoms. The Morgan fingerprint density at radius 2 is 2.14 bits per heavy atom. The summed E-state index contributed by atoms with van der Waals surface area (Å²) < 4.78 is 45.1. The normalized spacial score (nSPS) is 11.0. The molecule has 0 aliphatic heterocycles. The first kappa shape index (κ1) is 15.3. The fourth-order valence-electron chi connectivity index (χ4n) is 1.56. The molecule has 0 saturated carbocycles. The summed E-state index contributed by atoms with van der Waals surface area (Å²) in [7, 11) is -3.84. The molecule has 0 unspecified atom stereocenters. The Labute approximate surface area is 121 Å². The third-order valence-corrected chi connectivity index (χ3v) is 3.97. The lowest BCUT2D eigenvalue weighted by Crippen LogP contribution is -2.23. The molecule has 0 saturated heterocycles. The quantitative estimate of drug-likeness (QED) is 0.833. The van der Waals surface area contributed by atoms with Crippen LogP contribution in [0.1, 0.15) is 11.3 Å². The summed E-state index contributed by atoms with van der Waals surface area (Å²) in [6.45, 7) is -0.423. The van der Waals surface area contributed by atoms with Crippen LogP contribution in [0.2, 0.25) is 0 Å². The highest BCUT2D eigenvalue weighted by Gasteiger charge is 2.16. The van der Waals surface area contributed by atoms with Crippen LogP contribution in [0.4, 0.5) is 4.39 Å². The predicted octanol–water partition coefficient (Wildman–Crippen LogP) is 1.24. The van der Waals surface area contributed by atoms with E-state index in [9.17, 15) is 12.8 Å². The largest absolute Gasteiger partial charge is 0.468 e. The van der Waals surface area contributed by atoms with E-state index in [0.717, 1.165) is 6.07 Å². The minimum Gasteiger partial charge on any atom is -0.468 e. The van der Waals surface area contributed by atoms with Gasteiger partial charge in [0.15, 0.2) is 0 Å². The molecular formula is C14H12FNO4S. The molecule has 1 aromatic heterocycles. The van der Waals surface area contributed by atoms with E-state index in [1.165, 1.54) is 18.4 Å². The zero-order valence-corrected chi connectivity index (χ0v) is 11.7. The van der Waals surface area contributed by atoms with Crippen LogP contribution in [0, 0.1) is 17.7 Å². The number of aliphatic hydroxyl groups is 1. The summed E-state index contributed by atoms with van der Waals surface area (Å²) >= 11 is 0. The average Bonchev–Trinajstić information content (AvgIpc) is 2.97. The Morgan fingerprint density at radius 3 is 2.76 bits per heavy atom. The Balaban J connectivity index is 2.18. The molecule has 1 heterocycles. The second-order valence-corrected chi connectivity index (χ2v) is 5.77. The SMILES string of the molecule is O=S(=O)(NCc1ccco1)c1ccc(C#CCO)c(F)c1. The number of nitrogens with one attached hydrogen (secondary N) is 1. The van der Waals surface area contributed by atoms with Crippen LogP contribution >= 0.6 is 0 Å². The molecular weight excluding hydrogens is 297 g/mol. The molecule has 0 spiro atoms. The Bertz CT molecular complexity index is 773. The molecule has 0 amide bonds. The van der Waals surface area contributed by atoms with Gasteiger partial charge >= 0.3 is 0 Å². The van der Waals surface area contributed by atoms with Crippen molar-refractivity contribution in [3.8, 4) is 11.8 Å². The van der Waals surface area contributed by atoms with E-state index in [0.29, 0.717) is 5.76 Å². The van der Waals surface area contributed by atoms with Gasteiger partial charge in [-0.1, -0.05) is 11.8 Å². The van der Waals surface area contributed by atoms with Gasteiger partial charge in [-0.2, -0.15) is 0 Å². The molecule has 0 bridgehead atoms. The maximum absolute atomic E-state index is 13.7. The molecule has 0 aliphatic carbocycles. The van der Waals surface area contributed by atoms with Crippen LogP contribution in [-0.2, 0) is 16.6 Å². The second kappa shape index (κ2) is 6.54. The van der Waals surface area contributed by atoms with Crippen molar-refractivity contribution in [3.05, 3.63) is 53.7 Å². The fraction of sp³-hybridized carbons (Fsp3) is 0.143. The van der Waals surface area contributed by atoms with Crippen molar-refractivity contribution in [1.82, 2.24) is 4.72 Å². The molecule has 110 valence electrons. The minimum atomic E-state index is -3.84. The Hall–Kier alpha value is -2.14. The van der Waals surface area contributed by atoms with E-state index in [4.69, 9.17) is 9.52 Å². The number of sulfonamides is 1. The first-order valence-electron chi connectivity index (χ1n) is 5.94. The van der Waals surface area contributed by atoms with Crippen LogP contribution < -0.4 is 4.72 Å². The van der Waals surface area contributed by atoms with Crippen molar-refractivity contribution < 1.29 is 22.3 Å². The number of furan rings is 1. The van der Waals surface area contributed by atoms with E-state index in [1.54, 1.807) is 12.1 Å². The van der Waals surface area contributed by atoms with Crippen molar-refractivity contribution in [2.45, 2.75) is 11.4 Å². The zero-order chi connectivity index (χ0) is 15.3. The Kier molecular flexibility index (Phi) is 4.75. The van der Waals surface area contributed by atoms with Gasteiger partial charge in [0.25, 0.3) is 0 Å². The maximum atomic E-state index is 13.7. The van der Waals surface area contributed by atoms with Gasteiger partial charge in [0.05, 0.1) is 23.3 Å². The van der Waals surface area contributed by atoms with Crippen LogP contribution in [0.25, 0.3) is 0 Å². The predicted molar refractivity (Wildman–Crippen MR) is 73.1 cm³/mol. The van der Waals surface area contributed by atoms with Crippen LogP contribution in [0.15, 0.2) is 45.9 Å². The molecule has 0 fully saturated rings. The lowest BCUT2D eigenvalue weighted by atomic mass is 10.2. The topological polar surface area (TPSA) is 79.5 Å². The lowest BCUT2D eigenvalue weighted by Gasteiger charge is -2.06. The van der Waals surface area contributed by atoms with Gasteiger partial charge in [-0.3, -0.25) is 0 Å². The van der Waals surface area contributed by atoms with Crippen molar-refractivity contribution in [1.29, 1.82) is 0 Å². The number of aliphatic hydroxyl groups excluding tert-OH is 1. The summed E-state index contributed by atoms with van der Waals surface area (Å²) in [5.74, 6) is 4.37. The van der Waals surface area contributed by atoms with Gasteiger partial charge in [0.2, 0.25) is 10.0 Å². The number of halogens is 1. The molecule has 0 radical (unpaired) electrons. The van der Waals surface area contributed by atoms with E-state index in [-0.39, 0.29) is 17.0 Å². The molecule has 0 atom stereocenters. The maximum Gasteiger partial charge on any atom is 0.241 e. The first-order valence-corrected chi connectivity index (χ1v) is 7.42. The van der Waals surface area contributed by atoms with Crippen molar-refractivity contribution in [2.75, 3.05) is 6.61 Å². The number of rotatable bonds is 4. The molecule has 7 heteroatoms. The molecule has 0 aliphatic rings. The standard InChI is InChI=1S/C14H12FNO4S/c15-14-9-13(6-5-11(14)3-1-7-17)21(18,19)16-10-12-4-2-8-20-12/h2,4-6,8-9,16-17H,7,10H2. The summed E-state index contributed by atoms with van der Waals surface area (Å²) in [4.78, 5) is -0.207.